The van der Waals surface area contributed by atoms with Crippen LogP contribution in [0.25, 0.3) is 22.3 Å². The Kier molecular flexibility index (Phi) is 8.32. The highest BCUT2D eigenvalue weighted by molar-refractivity contribution is 5.99. The maximum Gasteiger partial charge on any atom is 0.254 e. The Morgan fingerprint density at radius 2 is 1.97 bits per heavy atom. The number of fused-ring (bicyclic) bond motifs is 2. The highest BCUT2D eigenvalue weighted by atomic mass is 35.5. The second-order valence-corrected chi connectivity index (χ2v) is 9.41. The Morgan fingerprint density at radius 1 is 1.19 bits per heavy atom. The van der Waals surface area contributed by atoms with Crippen molar-refractivity contribution < 1.29 is 4.79 Å². The van der Waals surface area contributed by atoms with Crippen molar-refractivity contribution in [1.82, 2.24) is 25.4 Å². The molecule has 176 valence electrons. The van der Waals surface area contributed by atoms with Crippen LogP contribution in [0.5, 0.6) is 0 Å². The van der Waals surface area contributed by atoms with Gasteiger partial charge in [0, 0.05) is 53.4 Å². The van der Waals surface area contributed by atoms with Gasteiger partial charge in [0.2, 0.25) is 0 Å². The van der Waals surface area contributed by atoms with Gasteiger partial charge in [0.25, 0.3) is 5.91 Å². The summed E-state index contributed by atoms with van der Waals surface area (Å²) in [6.45, 7) is 9.18. The number of benzene rings is 1. The van der Waals surface area contributed by atoms with Crippen LogP contribution in [0.1, 0.15) is 48.8 Å². The number of halogens is 3. The summed E-state index contributed by atoms with van der Waals surface area (Å²) >= 11 is 0. The second kappa shape index (κ2) is 10.0. The monoisotopic (exact) mass is 499 g/mol. The summed E-state index contributed by atoms with van der Waals surface area (Å²) in [7, 11) is 0. The summed E-state index contributed by atoms with van der Waals surface area (Å²) in [6.07, 6.45) is 3.26. The number of nitrogens with zero attached hydrogens (tertiary/aromatic N) is 2. The summed E-state index contributed by atoms with van der Waals surface area (Å²) in [6, 6.07) is 8.33. The van der Waals surface area contributed by atoms with Gasteiger partial charge in [-0.3, -0.25) is 9.89 Å². The molecule has 1 atom stereocenters. The first-order valence-electron chi connectivity index (χ1n) is 10.6. The smallest absolute Gasteiger partial charge is 0.254 e. The minimum absolute atomic E-state index is 0. The van der Waals surface area contributed by atoms with Crippen LogP contribution in [0.2, 0.25) is 0 Å². The van der Waals surface area contributed by atoms with Gasteiger partial charge in [0.05, 0.1) is 5.69 Å². The fourth-order valence-corrected chi connectivity index (χ4v) is 4.77. The average molecular weight is 501 g/mol. The van der Waals surface area contributed by atoms with Crippen molar-refractivity contribution in [2.75, 3.05) is 19.6 Å². The SMILES string of the molecule is C[C@H]1CNCCN1C(=O)c1ccc2cc(-c3n[nH]c4c3CCC(C)(C)C4)[nH]c2c1.Cl.Cl.Cl. The van der Waals surface area contributed by atoms with E-state index >= 15 is 0 Å². The minimum atomic E-state index is 0. The van der Waals surface area contributed by atoms with Gasteiger partial charge < -0.3 is 15.2 Å². The fraction of sp³-hybridized carbons (Fsp3) is 0.478. The van der Waals surface area contributed by atoms with E-state index < -0.39 is 0 Å². The number of hydrogen-bond acceptors (Lipinski definition) is 3. The molecular formula is C23H32Cl3N5O. The third-order valence-electron chi connectivity index (χ3n) is 6.55. The van der Waals surface area contributed by atoms with Crippen molar-refractivity contribution in [3.8, 4) is 11.4 Å². The molecule has 0 radical (unpaired) electrons. The van der Waals surface area contributed by atoms with E-state index in [0.717, 1.165) is 60.3 Å². The highest BCUT2D eigenvalue weighted by Gasteiger charge is 2.29. The molecular weight excluding hydrogens is 469 g/mol. The van der Waals surface area contributed by atoms with Crippen LogP contribution in [0, 0.1) is 5.41 Å². The van der Waals surface area contributed by atoms with E-state index in [4.69, 9.17) is 0 Å². The number of carbonyl (C=O) groups excluding carboxylic acids is 1. The average Bonchev–Trinajstić information content (AvgIpc) is 3.29. The van der Waals surface area contributed by atoms with Crippen LogP contribution in [-0.4, -0.2) is 51.7 Å². The first kappa shape index (κ1) is 26.5. The zero-order valence-corrected chi connectivity index (χ0v) is 21.1. The quantitative estimate of drug-likeness (QED) is 0.474. The predicted octanol–water partition coefficient (Wildman–Crippen LogP) is 4.77. The molecule has 3 N–H and O–H groups in total. The molecule has 3 heterocycles. The summed E-state index contributed by atoms with van der Waals surface area (Å²) in [4.78, 5) is 18.5. The Morgan fingerprint density at radius 3 is 2.72 bits per heavy atom. The van der Waals surface area contributed by atoms with Crippen LogP contribution < -0.4 is 5.32 Å². The van der Waals surface area contributed by atoms with Crippen molar-refractivity contribution in [2.24, 2.45) is 5.41 Å². The number of piperazine rings is 1. The minimum Gasteiger partial charge on any atom is -0.353 e. The van der Waals surface area contributed by atoms with E-state index in [-0.39, 0.29) is 49.2 Å². The zero-order valence-electron chi connectivity index (χ0n) is 18.7. The Bertz CT molecular complexity index is 1090. The van der Waals surface area contributed by atoms with Crippen LogP contribution in [-0.2, 0) is 12.8 Å². The van der Waals surface area contributed by atoms with Gasteiger partial charge in [-0.1, -0.05) is 19.9 Å². The van der Waals surface area contributed by atoms with Crippen molar-refractivity contribution in [3.63, 3.8) is 0 Å². The van der Waals surface area contributed by atoms with Crippen LogP contribution in [0.4, 0.5) is 0 Å². The molecule has 1 aromatic carbocycles. The topological polar surface area (TPSA) is 76.8 Å². The lowest BCUT2D eigenvalue weighted by molar-refractivity contribution is 0.0656. The first-order chi connectivity index (χ1) is 13.9. The number of amides is 1. The van der Waals surface area contributed by atoms with Crippen molar-refractivity contribution in [3.05, 3.63) is 41.1 Å². The molecule has 1 amide bonds. The summed E-state index contributed by atoms with van der Waals surface area (Å²) < 4.78 is 0. The molecule has 1 saturated heterocycles. The largest absolute Gasteiger partial charge is 0.353 e. The molecule has 6 nitrogen and oxygen atoms in total. The number of aromatic amines is 2. The molecule has 2 aromatic heterocycles. The van der Waals surface area contributed by atoms with Gasteiger partial charge in [-0.05, 0) is 49.8 Å². The number of rotatable bonds is 2. The number of hydrogen-bond donors (Lipinski definition) is 3. The third kappa shape index (κ3) is 4.79. The predicted molar refractivity (Wildman–Crippen MR) is 137 cm³/mol. The van der Waals surface area contributed by atoms with Crippen LogP contribution in [0.3, 0.4) is 0 Å². The van der Waals surface area contributed by atoms with Gasteiger partial charge in [-0.15, -0.1) is 37.2 Å². The Labute approximate surface area is 207 Å². The van der Waals surface area contributed by atoms with Crippen LogP contribution >= 0.6 is 37.2 Å². The first-order valence-corrected chi connectivity index (χ1v) is 10.6. The summed E-state index contributed by atoms with van der Waals surface area (Å²) in [5, 5.41) is 12.3. The number of carbonyl (C=O) groups is 1. The van der Waals surface area contributed by atoms with E-state index in [9.17, 15) is 4.79 Å². The normalized spacial score (nSPS) is 19.3. The maximum absolute atomic E-state index is 13.0. The van der Waals surface area contributed by atoms with Crippen molar-refractivity contribution in [1.29, 1.82) is 0 Å². The van der Waals surface area contributed by atoms with Gasteiger partial charge in [0.15, 0.2) is 0 Å². The summed E-state index contributed by atoms with van der Waals surface area (Å²) in [5.74, 6) is 0.108. The lowest BCUT2D eigenvalue weighted by atomic mass is 9.76. The molecule has 0 unspecified atom stereocenters. The molecule has 1 aliphatic heterocycles. The molecule has 0 saturated carbocycles. The molecule has 3 aromatic rings. The molecule has 2 aliphatic rings. The van der Waals surface area contributed by atoms with Gasteiger partial charge in [-0.2, -0.15) is 5.10 Å². The standard InChI is InChI=1S/C23H29N5O.3ClH/c1-14-13-24-8-9-28(14)22(29)16-5-4-15-10-19(25-18(15)11-16)21-17-6-7-23(2,3)12-20(17)26-27-21;;;/h4-5,10-11,14,24-25H,6-9,12-13H2,1-3H3,(H,26,27);3*1H/t14-;;;/m0.../s1. The van der Waals surface area contributed by atoms with E-state index in [1.165, 1.54) is 17.7 Å². The van der Waals surface area contributed by atoms with E-state index in [1.807, 2.05) is 23.1 Å². The molecule has 0 spiro atoms. The highest BCUT2D eigenvalue weighted by Crippen LogP contribution is 2.38. The third-order valence-corrected chi connectivity index (χ3v) is 6.55. The number of nitrogens with one attached hydrogen (secondary N) is 3. The van der Waals surface area contributed by atoms with E-state index in [1.54, 1.807) is 0 Å². The van der Waals surface area contributed by atoms with Crippen molar-refractivity contribution in [2.45, 2.75) is 46.1 Å². The van der Waals surface area contributed by atoms with E-state index in [2.05, 4.69) is 47.3 Å². The number of H-pyrrole nitrogens is 2. The maximum atomic E-state index is 13.0. The lowest BCUT2D eigenvalue weighted by Gasteiger charge is -2.34. The van der Waals surface area contributed by atoms with Crippen molar-refractivity contribution >= 4 is 54.0 Å². The number of aromatic nitrogens is 3. The second-order valence-electron chi connectivity index (χ2n) is 9.41. The molecule has 5 rings (SSSR count). The van der Waals surface area contributed by atoms with Gasteiger partial charge >= 0.3 is 0 Å². The molecule has 1 aliphatic carbocycles. The molecule has 32 heavy (non-hydrogen) atoms. The summed E-state index contributed by atoms with van der Waals surface area (Å²) in [5.41, 5.74) is 6.70. The van der Waals surface area contributed by atoms with Crippen LogP contribution in [0.15, 0.2) is 24.3 Å². The molecule has 1 fully saturated rings. The molecule has 0 bridgehead atoms. The van der Waals surface area contributed by atoms with E-state index in [0.29, 0.717) is 5.41 Å². The zero-order chi connectivity index (χ0) is 20.2. The lowest BCUT2D eigenvalue weighted by Crippen LogP contribution is -2.52. The molecule has 9 heteroatoms. The van der Waals surface area contributed by atoms with Gasteiger partial charge in [0.1, 0.15) is 5.69 Å². The fourth-order valence-electron chi connectivity index (χ4n) is 4.77. The Balaban J connectivity index is 0.00000121. The van der Waals surface area contributed by atoms with Gasteiger partial charge in [-0.25, -0.2) is 0 Å². The Hall–Kier alpha value is -1.73.